The summed E-state index contributed by atoms with van der Waals surface area (Å²) in [6.45, 7) is 0. The molecule has 2 nitrogen and oxygen atoms in total. The predicted molar refractivity (Wildman–Crippen MR) is 57.9 cm³/mol. The lowest BCUT2D eigenvalue weighted by Crippen LogP contribution is -1.84. The molecule has 2 aliphatic rings. The number of aryl methyl sites for hydroxylation is 1. The molecule has 2 fully saturated rings. The van der Waals surface area contributed by atoms with E-state index in [0.29, 0.717) is 5.95 Å². The molecule has 0 N–H and O–H groups in total. The van der Waals surface area contributed by atoms with E-state index in [1.807, 2.05) is 12.1 Å². The Morgan fingerprint density at radius 3 is 2.93 bits per heavy atom. The molecule has 0 bridgehead atoms. The fourth-order valence-corrected chi connectivity index (χ4v) is 2.22. The van der Waals surface area contributed by atoms with Crippen LogP contribution in [0, 0.1) is 5.92 Å². The van der Waals surface area contributed by atoms with Gasteiger partial charge in [-0.3, -0.25) is 0 Å². The average molecular weight is 204 g/mol. The topological polar surface area (TPSA) is 22.4 Å². The maximum absolute atomic E-state index is 5.48. The van der Waals surface area contributed by atoms with E-state index < -0.39 is 0 Å². The van der Waals surface area contributed by atoms with Crippen LogP contribution in [0.2, 0.25) is 0 Å². The van der Waals surface area contributed by atoms with Crippen molar-refractivity contribution in [2.24, 2.45) is 5.92 Å². The van der Waals surface area contributed by atoms with Crippen LogP contribution in [-0.2, 0) is 6.42 Å². The molecule has 0 aliphatic heterocycles. The van der Waals surface area contributed by atoms with Gasteiger partial charge < -0.3 is 9.15 Å². The van der Waals surface area contributed by atoms with Crippen molar-refractivity contribution in [2.75, 3.05) is 7.11 Å². The van der Waals surface area contributed by atoms with E-state index in [0.717, 1.165) is 18.1 Å². The van der Waals surface area contributed by atoms with E-state index >= 15 is 0 Å². The van der Waals surface area contributed by atoms with Gasteiger partial charge in [-0.1, -0.05) is 11.1 Å². The van der Waals surface area contributed by atoms with Gasteiger partial charge in [0.2, 0.25) is 0 Å². The van der Waals surface area contributed by atoms with Gasteiger partial charge in [0.25, 0.3) is 5.95 Å². The molecule has 1 atom stereocenters. The maximum Gasteiger partial charge on any atom is 0.284 e. The van der Waals surface area contributed by atoms with Gasteiger partial charge in [0.15, 0.2) is 0 Å². The minimum absolute atomic E-state index is 0.626. The highest BCUT2D eigenvalue weighted by molar-refractivity contribution is 5.36. The van der Waals surface area contributed by atoms with Gasteiger partial charge in [-0.2, -0.15) is 0 Å². The van der Waals surface area contributed by atoms with Crippen molar-refractivity contribution in [1.82, 2.24) is 0 Å². The first-order valence-electron chi connectivity index (χ1n) is 5.70. The summed E-state index contributed by atoms with van der Waals surface area (Å²) in [5.41, 5.74) is 3.51. The largest absolute Gasteiger partial charge is 0.468 e. The molecule has 0 amide bonds. The molecule has 2 heteroatoms. The second-order valence-corrected chi connectivity index (χ2v) is 4.49. The first-order chi connectivity index (χ1) is 7.36. The third-order valence-electron chi connectivity index (χ3n) is 3.33. The van der Waals surface area contributed by atoms with Gasteiger partial charge >= 0.3 is 0 Å². The molecule has 80 valence electrons. The Labute approximate surface area is 89.9 Å². The third kappa shape index (κ3) is 1.94. The summed E-state index contributed by atoms with van der Waals surface area (Å²) < 4.78 is 10.5. The average Bonchev–Trinajstić information content (AvgIpc) is 3.13. The van der Waals surface area contributed by atoms with E-state index in [1.165, 1.54) is 25.7 Å². The van der Waals surface area contributed by atoms with Crippen LogP contribution in [0.15, 0.2) is 27.7 Å². The third-order valence-corrected chi connectivity index (χ3v) is 3.33. The fraction of sp³-hybridized carbons (Fsp3) is 0.538. The van der Waals surface area contributed by atoms with Crippen molar-refractivity contribution < 1.29 is 9.15 Å². The summed E-state index contributed by atoms with van der Waals surface area (Å²) in [5.74, 6) is 2.55. The number of hydrogen-bond acceptors (Lipinski definition) is 2. The molecule has 1 heterocycles. The SMILES string of the molecule is COc1ccc(CCC2CC2=C2CC2)o1. The monoisotopic (exact) mass is 204 g/mol. The Morgan fingerprint density at radius 1 is 1.40 bits per heavy atom. The van der Waals surface area contributed by atoms with Crippen LogP contribution in [0.1, 0.15) is 31.4 Å². The molecule has 15 heavy (non-hydrogen) atoms. The zero-order valence-corrected chi connectivity index (χ0v) is 9.08. The summed E-state index contributed by atoms with van der Waals surface area (Å²) >= 11 is 0. The van der Waals surface area contributed by atoms with E-state index in [2.05, 4.69) is 0 Å². The van der Waals surface area contributed by atoms with Crippen molar-refractivity contribution in [1.29, 1.82) is 0 Å². The summed E-state index contributed by atoms with van der Waals surface area (Å²) in [4.78, 5) is 0. The Balaban J connectivity index is 1.52. The van der Waals surface area contributed by atoms with Gasteiger partial charge in [0, 0.05) is 12.5 Å². The normalized spacial score (nSPS) is 23.1. The lowest BCUT2D eigenvalue weighted by molar-refractivity contribution is 0.293. The van der Waals surface area contributed by atoms with Crippen LogP contribution in [0.3, 0.4) is 0 Å². The van der Waals surface area contributed by atoms with E-state index in [4.69, 9.17) is 9.15 Å². The van der Waals surface area contributed by atoms with Gasteiger partial charge in [-0.15, -0.1) is 0 Å². The highest BCUT2D eigenvalue weighted by Crippen LogP contribution is 2.50. The minimum atomic E-state index is 0.626. The molecular weight excluding hydrogens is 188 g/mol. The van der Waals surface area contributed by atoms with Crippen LogP contribution in [0.4, 0.5) is 0 Å². The molecule has 2 saturated carbocycles. The Morgan fingerprint density at radius 2 is 2.27 bits per heavy atom. The smallest absolute Gasteiger partial charge is 0.284 e. The molecule has 0 aromatic carbocycles. The molecule has 0 radical (unpaired) electrons. The van der Waals surface area contributed by atoms with Gasteiger partial charge in [0.1, 0.15) is 5.76 Å². The highest BCUT2D eigenvalue weighted by Gasteiger charge is 2.35. The molecule has 1 aromatic rings. The van der Waals surface area contributed by atoms with Crippen LogP contribution >= 0.6 is 0 Å². The quantitative estimate of drug-likeness (QED) is 0.702. The number of allylic oxidation sites excluding steroid dienone is 2. The molecule has 1 unspecified atom stereocenters. The predicted octanol–water partition coefficient (Wildman–Crippen LogP) is 3.33. The molecule has 3 rings (SSSR count). The fourth-order valence-electron chi connectivity index (χ4n) is 2.22. The Kier molecular flexibility index (Phi) is 2.08. The molecule has 1 aromatic heterocycles. The van der Waals surface area contributed by atoms with Crippen molar-refractivity contribution in [3.05, 3.63) is 29.0 Å². The molecule has 0 spiro atoms. The zero-order valence-electron chi connectivity index (χ0n) is 9.08. The number of rotatable bonds is 4. The summed E-state index contributed by atoms with van der Waals surface area (Å²) in [6.07, 6.45) is 6.40. The van der Waals surface area contributed by atoms with Crippen LogP contribution in [0.25, 0.3) is 0 Å². The highest BCUT2D eigenvalue weighted by atomic mass is 16.6. The lowest BCUT2D eigenvalue weighted by atomic mass is 10.2. The van der Waals surface area contributed by atoms with E-state index in [-0.39, 0.29) is 0 Å². The Bertz CT molecular complexity index is 394. The summed E-state index contributed by atoms with van der Waals surface area (Å²) in [5, 5.41) is 0. The minimum Gasteiger partial charge on any atom is -0.468 e. The summed E-state index contributed by atoms with van der Waals surface area (Å²) in [6, 6.07) is 3.91. The number of methoxy groups -OCH3 is 1. The zero-order chi connectivity index (χ0) is 10.3. The van der Waals surface area contributed by atoms with E-state index in [1.54, 1.807) is 18.3 Å². The summed E-state index contributed by atoms with van der Waals surface area (Å²) in [7, 11) is 1.64. The lowest BCUT2D eigenvalue weighted by Gasteiger charge is -1.95. The first kappa shape index (κ1) is 9.08. The van der Waals surface area contributed by atoms with E-state index in [9.17, 15) is 0 Å². The number of furan rings is 1. The van der Waals surface area contributed by atoms with Gasteiger partial charge in [0.05, 0.1) is 7.11 Å². The van der Waals surface area contributed by atoms with Gasteiger partial charge in [-0.05, 0) is 37.7 Å². The number of hydrogen-bond donors (Lipinski definition) is 0. The first-order valence-corrected chi connectivity index (χ1v) is 5.70. The molecule has 0 saturated heterocycles. The number of ether oxygens (including phenoxy) is 1. The second-order valence-electron chi connectivity index (χ2n) is 4.49. The molecule has 2 aliphatic carbocycles. The van der Waals surface area contributed by atoms with Crippen LogP contribution in [0.5, 0.6) is 5.95 Å². The van der Waals surface area contributed by atoms with Crippen molar-refractivity contribution >= 4 is 0 Å². The van der Waals surface area contributed by atoms with Crippen molar-refractivity contribution in [3.63, 3.8) is 0 Å². The molecular formula is C13H16O2. The van der Waals surface area contributed by atoms with Crippen LogP contribution in [-0.4, -0.2) is 7.11 Å². The van der Waals surface area contributed by atoms with Crippen LogP contribution < -0.4 is 4.74 Å². The standard InChI is InChI=1S/C13H16O2/c1-14-13-7-6-11(15-13)5-4-10-8-12(10)9-2-3-9/h6-7,10H,2-5,8H2,1H3. The maximum atomic E-state index is 5.48. The Hall–Kier alpha value is -1.18. The van der Waals surface area contributed by atoms with Gasteiger partial charge in [-0.25, -0.2) is 0 Å². The van der Waals surface area contributed by atoms with Crippen molar-refractivity contribution in [3.8, 4) is 5.95 Å². The van der Waals surface area contributed by atoms with Crippen molar-refractivity contribution in [2.45, 2.75) is 32.1 Å². The second kappa shape index (κ2) is 3.44.